The van der Waals surface area contributed by atoms with Gasteiger partial charge >= 0.3 is 5.97 Å². The van der Waals surface area contributed by atoms with E-state index in [0.29, 0.717) is 37.7 Å². The Bertz CT molecular complexity index is 712. The molecule has 1 aromatic rings. The van der Waals surface area contributed by atoms with Crippen LogP contribution in [-0.2, 0) is 14.8 Å². The van der Waals surface area contributed by atoms with Gasteiger partial charge in [0.05, 0.1) is 18.0 Å². The normalized spacial score (nSPS) is 19.9. The molecule has 0 radical (unpaired) electrons. The van der Waals surface area contributed by atoms with Crippen LogP contribution < -0.4 is 9.46 Å². The maximum Gasteiger partial charge on any atom is 0.317 e. The predicted octanol–water partition coefficient (Wildman–Crippen LogP) is 2.33. The molecular formula is C19H30N2O5S. The molecule has 0 unspecified atom stereocenters. The van der Waals surface area contributed by atoms with Crippen LogP contribution in [0.25, 0.3) is 0 Å². The van der Waals surface area contributed by atoms with Gasteiger partial charge in [0, 0.05) is 12.1 Å². The Balaban J connectivity index is 1.85. The number of hydrogen-bond donors (Lipinski definition) is 2. The molecule has 0 aliphatic heterocycles. The van der Waals surface area contributed by atoms with E-state index in [2.05, 4.69) is 18.6 Å². The molecule has 1 saturated carbocycles. The number of likely N-dealkylation sites (N-methyl/N-ethyl adjacent to an activating group) is 1. The summed E-state index contributed by atoms with van der Waals surface area (Å²) in [7, 11) is -3.59. The highest BCUT2D eigenvalue weighted by atomic mass is 32.2. The molecule has 0 spiro atoms. The van der Waals surface area contributed by atoms with Crippen LogP contribution in [0.15, 0.2) is 29.2 Å². The third-order valence-corrected chi connectivity index (χ3v) is 6.33. The van der Waals surface area contributed by atoms with Crippen molar-refractivity contribution < 1.29 is 23.1 Å². The fourth-order valence-electron chi connectivity index (χ4n) is 3.07. The van der Waals surface area contributed by atoms with Crippen LogP contribution in [0.3, 0.4) is 0 Å². The highest BCUT2D eigenvalue weighted by Crippen LogP contribution is 2.27. The smallest absolute Gasteiger partial charge is 0.317 e. The van der Waals surface area contributed by atoms with Crippen molar-refractivity contribution in [3.8, 4) is 5.75 Å². The van der Waals surface area contributed by atoms with E-state index >= 15 is 0 Å². The number of nitrogens with one attached hydrogen (secondary N) is 1. The van der Waals surface area contributed by atoms with Crippen LogP contribution in [0.1, 0.15) is 40.0 Å². The Kier molecular flexibility index (Phi) is 7.64. The second-order valence-corrected chi connectivity index (χ2v) is 9.12. The van der Waals surface area contributed by atoms with Crippen LogP contribution in [0.5, 0.6) is 5.75 Å². The first-order chi connectivity index (χ1) is 12.7. The van der Waals surface area contributed by atoms with Crippen LogP contribution in [0.4, 0.5) is 0 Å². The van der Waals surface area contributed by atoms with Gasteiger partial charge in [-0.3, -0.25) is 9.69 Å². The molecule has 0 saturated heterocycles. The number of aliphatic carboxylic acids is 1. The summed E-state index contributed by atoms with van der Waals surface area (Å²) in [6.07, 6.45) is 2.19. The zero-order valence-electron chi connectivity index (χ0n) is 16.2. The summed E-state index contributed by atoms with van der Waals surface area (Å²) in [5, 5.41) is 8.92. The van der Waals surface area contributed by atoms with Crippen molar-refractivity contribution in [1.29, 1.82) is 0 Å². The van der Waals surface area contributed by atoms with Gasteiger partial charge in [0.2, 0.25) is 10.0 Å². The Morgan fingerprint density at radius 3 is 2.44 bits per heavy atom. The summed E-state index contributed by atoms with van der Waals surface area (Å²) in [6, 6.07) is 6.38. The lowest BCUT2D eigenvalue weighted by Gasteiger charge is -2.42. The predicted molar refractivity (Wildman–Crippen MR) is 103 cm³/mol. The van der Waals surface area contributed by atoms with E-state index in [1.165, 1.54) is 0 Å². The van der Waals surface area contributed by atoms with Crippen molar-refractivity contribution in [2.24, 2.45) is 5.92 Å². The first kappa shape index (κ1) is 21.7. The fraction of sp³-hybridized carbons (Fsp3) is 0.632. The van der Waals surface area contributed by atoms with Crippen LogP contribution in [0, 0.1) is 5.92 Å². The van der Waals surface area contributed by atoms with Gasteiger partial charge in [0.15, 0.2) is 0 Å². The molecule has 2 rings (SSSR count). The highest BCUT2D eigenvalue weighted by molar-refractivity contribution is 7.89. The van der Waals surface area contributed by atoms with Gasteiger partial charge < -0.3 is 9.84 Å². The molecule has 0 aromatic heterocycles. The number of hydrogen-bond acceptors (Lipinski definition) is 5. The molecular weight excluding hydrogens is 368 g/mol. The number of carboxylic acids is 1. The van der Waals surface area contributed by atoms with E-state index in [1.807, 2.05) is 11.8 Å². The first-order valence-corrected chi connectivity index (χ1v) is 10.9. The molecule has 1 aliphatic rings. The van der Waals surface area contributed by atoms with E-state index < -0.39 is 16.0 Å². The lowest BCUT2D eigenvalue weighted by Crippen LogP contribution is -2.54. The van der Waals surface area contributed by atoms with Crippen LogP contribution in [-0.4, -0.2) is 56.2 Å². The lowest BCUT2D eigenvalue weighted by atomic mass is 9.86. The summed E-state index contributed by atoms with van der Waals surface area (Å²) in [4.78, 5) is 12.9. The van der Waals surface area contributed by atoms with Crippen molar-refractivity contribution >= 4 is 16.0 Å². The SMILES string of the molecule is CCN(CC(=O)O)C1CC(NS(=O)(=O)c2ccc(OCCC(C)C)cc2)C1. The van der Waals surface area contributed by atoms with E-state index in [0.717, 1.165) is 6.42 Å². The summed E-state index contributed by atoms with van der Waals surface area (Å²) in [5.74, 6) is 0.349. The summed E-state index contributed by atoms with van der Waals surface area (Å²) in [5.41, 5.74) is 0. The second-order valence-electron chi connectivity index (χ2n) is 7.40. The topological polar surface area (TPSA) is 95.9 Å². The van der Waals surface area contributed by atoms with Gasteiger partial charge in [0.25, 0.3) is 0 Å². The molecule has 0 atom stereocenters. The van der Waals surface area contributed by atoms with Gasteiger partial charge in [-0.2, -0.15) is 0 Å². The largest absolute Gasteiger partial charge is 0.494 e. The number of ether oxygens (including phenoxy) is 1. The number of nitrogens with zero attached hydrogens (tertiary/aromatic N) is 1. The Morgan fingerprint density at radius 1 is 1.30 bits per heavy atom. The lowest BCUT2D eigenvalue weighted by molar-refractivity contribution is -0.139. The van der Waals surface area contributed by atoms with E-state index in [9.17, 15) is 13.2 Å². The molecule has 27 heavy (non-hydrogen) atoms. The standard InChI is InChI=1S/C19H30N2O5S/c1-4-21(13-19(22)23)16-11-15(12-16)20-27(24,25)18-7-5-17(6-8-18)26-10-9-14(2)3/h5-8,14-16,20H,4,9-13H2,1-3H3,(H,22,23). The van der Waals surface area contributed by atoms with E-state index in [-0.39, 0.29) is 23.5 Å². The number of rotatable bonds is 11. The highest BCUT2D eigenvalue weighted by Gasteiger charge is 2.36. The number of sulfonamides is 1. The second kappa shape index (κ2) is 9.52. The monoisotopic (exact) mass is 398 g/mol. The van der Waals surface area contributed by atoms with Crippen LogP contribution in [0.2, 0.25) is 0 Å². The zero-order valence-corrected chi connectivity index (χ0v) is 17.0. The van der Waals surface area contributed by atoms with E-state index in [4.69, 9.17) is 9.84 Å². The van der Waals surface area contributed by atoms with Gasteiger partial charge in [-0.1, -0.05) is 20.8 Å². The summed E-state index contributed by atoms with van der Waals surface area (Å²) in [6.45, 7) is 7.38. The number of carbonyl (C=O) groups is 1. The molecule has 152 valence electrons. The third kappa shape index (κ3) is 6.48. The van der Waals surface area contributed by atoms with Gasteiger partial charge in [-0.25, -0.2) is 13.1 Å². The van der Waals surface area contributed by atoms with Crippen molar-refractivity contribution in [2.45, 2.75) is 57.0 Å². The quantitative estimate of drug-likeness (QED) is 0.594. The van der Waals surface area contributed by atoms with Crippen LogP contribution >= 0.6 is 0 Å². The minimum atomic E-state index is -3.59. The third-order valence-electron chi connectivity index (χ3n) is 4.79. The minimum absolute atomic E-state index is 0.0150. The Labute approximate surface area is 161 Å². The number of carboxylic acid groups (broad SMARTS) is 1. The Hall–Kier alpha value is -1.64. The van der Waals surface area contributed by atoms with Gasteiger partial charge in [-0.15, -0.1) is 0 Å². The fourth-order valence-corrected chi connectivity index (χ4v) is 4.33. The molecule has 1 aromatic carbocycles. The van der Waals surface area contributed by atoms with Gasteiger partial charge in [-0.05, 0) is 56.0 Å². The number of benzene rings is 1. The van der Waals surface area contributed by atoms with Gasteiger partial charge in [0.1, 0.15) is 5.75 Å². The minimum Gasteiger partial charge on any atom is -0.494 e. The summed E-state index contributed by atoms with van der Waals surface area (Å²) < 4.78 is 33.3. The molecule has 0 amide bonds. The van der Waals surface area contributed by atoms with Crippen molar-refractivity contribution in [3.63, 3.8) is 0 Å². The van der Waals surface area contributed by atoms with Crippen molar-refractivity contribution in [1.82, 2.24) is 9.62 Å². The maximum absolute atomic E-state index is 12.5. The summed E-state index contributed by atoms with van der Waals surface area (Å²) >= 11 is 0. The molecule has 0 bridgehead atoms. The average Bonchev–Trinajstić information content (AvgIpc) is 2.56. The molecule has 0 heterocycles. The molecule has 2 N–H and O–H groups in total. The molecule has 8 heteroatoms. The Morgan fingerprint density at radius 2 is 1.93 bits per heavy atom. The first-order valence-electron chi connectivity index (χ1n) is 9.42. The molecule has 1 fully saturated rings. The molecule has 1 aliphatic carbocycles. The van der Waals surface area contributed by atoms with E-state index in [1.54, 1.807) is 24.3 Å². The average molecular weight is 399 g/mol. The maximum atomic E-state index is 12.5. The molecule has 7 nitrogen and oxygen atoms in total. The zero-order chi connectivity index (χ0) is 20.0. The van der Waals surface area contributed by atoms with Crippen molar-refractivity contribution in [2.75, 3.05) is 19.7 Å². The van der Waals surface area contributed by atoms with Crippen molar-refractivity contribution in [3.05, 3.63) is 24.3 Å².